The fraction of sp³-hybridized carbons (Fsp3) is 0.625. The van der Waals surface area contributed by atoms with Gasteiger partial charge in [0.25, 0.3) is 0 Å². The van der Waals surface area contributed by atoms with Crippen molar-refractivity contribution < 1.29 is 24.2 Å². The zero-order valence-corrected chi connectivity index (χ0v) is 20.2. The summed E-state index contributed by atoms with van der Waals surface area (Å²) in [6, 6.07) is 0. The molecule has 10 nitrogen and oxygen atoms in total. The van der Waals surface area contributed by atoms with Crippen LogP contribution in [0, 0.1) is 24.7 Å². The smallest absolute Gasteiger partial charge is 0.409 e. The Morgan fingerprint density at radius 1 is 1.26 bits per heavy atom. The van der Waals surface area contributed by atoms with Gasteiger partial charge in [0.2, 0.25) is 0 Å². The lowest BCUT2D eigenvalue weighted by Crippen LogP contribution is -2.30. The third-order valence-corrected chi connectivity index (χ3v) is 6.93. The molecule has 4 rings (SSSR count). The van der Waals surface area contributed by atoms with Crippen molar-refractivity contribution in [2.75, 3.05) is 13.6 Å². The second kappa shape index (κ2) is 9.99. The van der Waals surface area contributed by atoms with Gasteiger partial charge in [-0.15, -0.1) is 0 Å². The molecular formula is C24H33N5O5. The number of hydrogen-bond donors (Lipinski definition) is 1. The summed E-state index contributed by atoms with van der Waals surface area (Å²) in [6.07, 6.45) is 6.73. The van der Waals surface area contributed by atoms with Gasteiger partial charge in [-0.25, -0.2) is 14.8 Å². The van der Waals surface area contributed by atoms with Crippen molar-refractivity contribution in [3.8, 4) is 17.1 Å². The Kier molecular flexibility index (Phi) is 7.04. The Morgan fingerprint density at radius 3 is 2.71 bits per heavy atom. The van der Waals surface area contributed by atoms with Gasteiger partial charge in [-0.2, -0.15) is 5.10 Å². The van der Waals surface area contributed by atoms with Crippen LogP contribution in [0.1, 0.15) is 50.4 Å². The van der Waals surface area contributed by atoms with E-state index in [0.29, 0.717) is 59.7 Å². The molecule has 2 unspecified atom stereocenters. The first-order valence-electron chi connectivity index (χ1n) is 11.8. The fourth-order valence-corrected chi connectivity index (χ4v) is 4.50. The summed E-state index contributed by atoms with van der Waals surface area (Å²) in [6.45, 7) is 4.79. The molecule has 2 aliphatic carbocycles. The van der Waals surface area contributed by atoms with Crippen LogP contribution in [0.2, 0.25) is 0 Å². The number of aliphatic carboxylic acids is 1. The summed E-state index contributed by atoms with van der Waals surface area (Å²) < 4.78 is 13.3. The van der Waals surface area contributed by atoms with Crippen molar-refractivity contribution in [3.05, 3.63) is 23.8 Å². The molecule has 0 spiro atoms. The molecule has 0 radical (unpaired) electrons. The third kappa shape index (κ3) is 5.48. The highest BCUT2D eigenvalue weighted by molar-refractivity contribution is 5.70. The molecule has 0 bridgehead atoms. The lowest BCUT2D eigenvalue weighted by atomic mass is 9.87. The van der Waals surface area contributed by atoms with Gasteiger partial charge in [-0.1, -0.05) is 6.92 Å². The van der Waals surface area contributed by atoms with Crippen LogP contribution in [0.25, 0.3) is 11.4 Å². The quantitative estimate of drug-likeness (QED) is 0.622. The molecule has 0 aliphatic heterocycles. The van der Waals surface area contributed by atoms with Crippen molar-refractivity contribution >= 4 is 12.1 Å². The van der Waals surface area contributed by atoms with Gasteiger partial charge in [0, 0.05) is 20.6 Å². The lowest BCUT2D eigenvalue weighted by molar-refractivity contribution is -0.143. The predicted molar refractivity (Wildman–Crippen MR) is 123 cm³/mol. The SMILES string of the molecule is Cc1nc(-c2cnn(C)c2COC(=O)N(C)C[C@H]2C[C@@H]2C)ncc1OC1CCCC(C(=O)O)C1. The van der Waals surface area contributed by atoms with Crippen LogP contribution in [-0.4, -0.2) is 61.5 Å². The molecule has 0 aromatic carbocycles. The number of aromatic nitrogens is 4. The Morgan fingerprint density at radius 2 is 2.03 bits per heavy atom. The summed E-state index contributed by atoms with van der Waals surface area (Å²) in [5.41, 5.74) is 2.05. The lowest BCUT2D eigenvalue weighted by Gasteiger charge is -2.27. The van der Waals surface area contributed by atoms with E-state index in [2.05, 4.69) is 22.0 Å². The third-order valence-electron chi connectivity index (χ3n) is 6.93. The molecule has 0 saturated heterocycles. The molecule has 4 atom stereocenters. The van der Waals surface area contributed by atoms with Crippen LogP contribution >= 0.6 is 0 Å². The summed E-state index contributed by atoms with van der Waals surface area (Å²) in [7, 11) is 3.54. The number of carboxylic acid groups (broad SMARTS) is 1. The zero-order valence-electron chi connectivity index (χ0n) is 20.2. The van der Waals surface area contributed by atoms with E-state index in [1.54, 1.807) is 36.1 Å². The van der Waals surface area contributed by atoms with Crippen molar-refractivity contribution in [2.24, 2.45) is 24.8 Å². The first-order chi connectivity index (χ1) is 16.2. The Balaban J connectivity index is 1.41. The van der Waals surface area contributed by atoms with E-state index in [0.717, 1.165) is 19.3 Å². The highest BCUT2D eigenvalue weighted by Gasteiger charge is 2.34. The van der Waals surface area contributed by atoms with Crippen LogP contribution in [0.4, 0.5) is 4.79 Å². The van der Waals surface area contributed by atoms with Crippen LogP contribution < -0.4 is 4.74 Å². The van der Waals surface area contributed by atoms with Gasteiger partial charge in [0.05, 0.1) is 41.4 Å². The highest BCUT2D eigenvalue weighted by atomic mass is 16.6. The number of nitrogens with zero attached hydrogens (tertiary/aromatic N) is 5. The first kappa shape index (κ1) is 24.0. The van der Waals surface area contributed by atoms with Gasteiger partial charge in [0.1, 0.15) is 6.61 Å². The van der Waals surface area contributed by atoms with Crippen LogP contribution in [0.15, 0.2) is 12.4 Å². The van der Waals surface area contributed by atoms with E-state index >= 15 is 0 Å². The molecule has 2 aliphatic rings. The Labute approximate surface area is 199 Å². The number of carboxylic acids is 1. The molecule has 2 saturated carbocycles. The number of rotatable bonds is 8. The summed E-state index contributed by atoms with van der Waals surface area (Å²) in [5.74, 6) is 1.11. The minimum Gasteiger partial charge on any atom is -0.487 e. The minimum absolute atomic E-state index is 0.0640. The fourth-order valence-electron chi connectivity index (χ4n) is 4.50. The Hall–Kier alpha value is -3.17. The summed E-state index contributed by atoms with van der Waals surface area (Å²) in [4.78, 5) is 34.4. The monoisotopic (exact) mass is 471 g/mol. The highest BCUT2D eigenvalue weighted by Crippen LogP contribution is 2.38. The van der Waals surface area contributed by atoms with Crippen LogP contribution in [-0.2, 0) is 23.2 Å². The largest absolute Gasteiger partial charge is 0.487 e. The molecule has 2 heterocycles. The van der Waals surface area contributed by atoms with Crippen LogP contribution in [0.3, 0.4) is 0 Å². The average Bonchev–Trinajstić information content (AvgIpc) is 3.37. The summed E-state index contributed by atoms with van der Waals surface area (Å²) >= 11 is 0. The molecule has 2 aromatic rings. The maximum absolute atomic E-state index is 12.4. The van der Waals surface area contributed by atoms with Crippen molar-refractivity contribution in [1.82, 2.24) is 24.6 Å². The van der Waals surface area contributed by atoms with E-state index in [9.17, 15) is 14.7 Å². The minimum atomic E-state index is -0.769. The average molecular weight is 472 g/mol. The van der Waals surface area contributed by atoms with Crippen LogP contribution in [0.5, 0.6) is 5.75 Å². The first-order valence-corrected chi connectivity index (χ1v) is 11.8. The topological polar surface area (TPSA) is 120 Å². The van der Waals surface area contributed by atoms with Crippen molar-refractivity contribution in [2.45, 2.75) is 58.7 Å². The number of carbonyl (C=O) groups is 2. The predicted octanol–water partition coefficient (Wildman–Crippen LogP) is 3.43. The van der Waals surface area contributed by atoms with Crippen molar-refractivity contribution in [3.63, 3.8) is 0 Å². The van der Waals surface area contributed by atoms with E-state index < -0.39 is 5.97 Å². The van der Waals surface area contributed by atoms with Gasteiger partial charge in [0.15, 0.2) is 11.6 Å². The van der Waals surface area contributed by atoms with E-state index in [1.807, 2.05) is 6.92 Å². The van der Waals surface area contributed by atoms with E-state index in [4.69, 9.17) is 9.47 Å². The van der Waals surface area contributed by atoms with Crippen molar-refractivity contribution in [1.29, 1.82) is 0 Å². The normalized spacial score (nSPS) is 23.9. The molecule has 1 amide bonds. The number of hydrogen-bond acceptors (Lipinski definition) is 7. The molecule has 184 valence electrons. The number of amides is 1. The van der Waals surface area contributed by atoms with E-state index in [1.165, 1.54) is 0 Å². The zero-order chi connectivity index (χ0) is 24.4. The van der Waals surface area contributed by atoms with Gasteiger partial charge < -0.3 is 19.5 Å². The van der Waals surface area contributed by atoms with Gasteiger partial charge >= 0.3 is 12.1 Å². The maximum Gasteiger partial charge on any atom is 0.409 e. The molecule has 34 heavy (non-hydrogen) atoms. The second-order valence-electron chi connectivity index (χ2n) is 9.62. The standard InChI is InChI=1S/C24H33N5O5/c1-14-8-17(14)12-28(3)24(32)33-13-20-19(10-26-29(20)4)22-25-11-21(15(2)27-22)34-18-7-5-6-16(9-18)23(30)31/h10-11,14,16-18H,5-9,12-13H2,1-4H3,(H,30,31)/t14-,16?,17+,18?/m0/s1. The number of carbonyl (C=O) groups excluding carboxylic acids is 1. The number of ether oxygens (including phenoxy) is 2. The van der Waals surface area contributed by atoms with Gasteiger partial charge in [-0.05, 0) is 50.9 Å². The molecule has 2 aromatic heterocycles. The summed E-state index contributed by atoms with van der Waals surface area (Å²) in [5, 5.41) is 13.6. The van der Waals surface area contributed by atoms with E-state index in [-0.39, 0.29) is 24.7 Å². The molecule has 2 fully saturated rings. The molecule has 10 heteroatoms. The number of aryl methyl sites for hydroxylation is 2. The Bertz CT molecular complexity index is 1050. The van der Waals surface area contributed by atoms with Gasteiger partial charge in [-0.3, -0.25) is 9.48 Å². The second-order valence-corrected chi connectivity index (χ2v) is 9.62. The molecular weight excluding hydrogens is 438 g/mol. The maximum atomic E-state index is 12.4. The molecule has 1 N–H and O–H groups in total.